The second kappa shape index (κ2) is 5.46. The van der Waals surface area contributed by atoms with Gasteiger partial charge in [-0.1, -0.05) is 12.1 Å². The highest BCUT2D eigenvalue weighted by Gasteiger charge is 2.05. The van der Waals surface area contributed by atoms with E-state index < -0.39 is 0 Å². The molecule has 0 radical (unpaired) electrons. The zero-order chi connectivity index (χ0) is 14.1. The predicted molar refractivity (Wildman–Crippen MR) is 87.6 cm³/mol. The van der Waals surface area contributed by atoms with Crippen LogP contribution in [0.3, 0.4) is 0 Å². The first-order valence-electron chi connectivity index (χ1n) is 5.92. The van der Waals surface area contributed by atoms with E-state index >= 15 is 0 Å². The summed E-state index contributed by atoms with van der Waals surface area (Å²) in [4.78, 5) is 13.2. The van der Waals surface area contributed by atoms with Crippen LogP contribution in [0.2, 0.25) is 0 Å². The van der Waals surface area contributed by atoms with Gasteiger partial charge in [0.25, 0.3) is 0 Å². The zero-order valence-corrected chi connectivity index (χ0v) is 13.8. The second-order valence-electron chi connectivity index (χ2n) is 4.23. The Morgan fingerprint density at radius 1 is 1.25 bits per heavy atom. The molecule has 2 aromatic heterocycles. The molecule has 0 saturated carbocycles. The Balaban J connectivity index is 2.00. The van der Waals surface area contributed by atoms with Gasteiger partial charge in [0.05, 0.1) is 21.7 Å². The van der Waals surface area contributed by atoms with Gasteiger partial charge in [-0.2, -0.15) is 0 Å². The fourth-order valence-corrected chi connectivity index (χ4v) is 2.99. The van der Waals surface area contributed by atoms with Gasteiger partial charge in [-0.3, -0.25) is 0 Å². The van der Waals surface area contributed by atoms with E-state index in [1.165, 1.54) is 0 Å². The lowest BCUT2D eigenvalue weighted by Gasteiger charge is -1.98. The number of aliphatic imine (C=N–C) groups is 1. The van der Waals surface area contributed by atoms with E-state index in [2.05, 4.69) is 46.8 Å². The molecule has 100 valence electrons. The molecule has 0 amide bonds. The first-order valence-corrected chi connectivity index (χ1v) is 7.50. The topological polar surface area (TPSA) is 43.1 Å². The largest absolute Gasteiger partial charge is 0.326 e. The normalized spacial score (nSPS) is 11.6. The second-order valence-corrected chi connectivity index (χ2v) is 6.00. The number of aryl methyl sites for hydroxylation is 1. The van der Waals surface area contributed by atoms with Gasteiger partial charge < -0.3 is 4.57 Å². The number of hydrogen-bond acceptors (Lipinski definition) is 3. The van der Waals surface area contributed by atoms with Crippen molar-refractivity contribution in [1.29, 1.82) is 0 Å². The van der Waals surface area contributed by atoms with Crippen LogP contribution in [0.5, 0.6) is 0 Å². The van der Waals surface area contributed by atoms with E-state index in [-0.39, 0.29) is 0 Å². The number of benzene rings is 1. The van der Waals surface area contributed by atoms with Crippen molar-refractivity contribution in [3.63, 3.8) is 0 Å². The number of hydrogen-bond donors (Lipinski definition) is 0. The number of pyridine rings is 1. The summed E-state index contributed by atoms with van der Waals surface area (Å²) in [7, 11) is 1.97. The van der Waals surface area contributed by atoms with Crippen molar-refractivity contribution in [3.05, 3.63) is 51.3 Å². The number of nitrogens with zero attached hydrogens (tertiary/aromatic N) is 4. The van der Waals surface area contributed by atoms with E-state index in [9.17, 15) is 0 Å². The predicted octanol–water partition coefficient (Wildman–Crippen LogP) is 4.24. The van der Waals surface area contributed by atoms with Gasteiger partial charge in [0.1, 0.15) is 0 Å². The molecule has 0 aliphatic carbocycles. The molecule has 0 bridgehead atoms. The van der Waals surface area contributed by atoms with Gasteiger partial charge in [0.2, 0.25) is 0 Å². The van der Waals surface area contributed by atoms with Gasteiger partial charge in [0.15, 0.2) is 11.6 Å². The van der Waals surface area contributed by atoms with Crippen molar-refractivity contribution < 1.29 is 0 Å². The van der Waals surface area contributed by atoms with Crippen LogP contribution in [-0.4, -0.2) is 20.7 Å². The molecule has 0 N–H and O–H groups in total. The number of rotatable bonds is 2. The number of imidazole rings is 1. The Morgan fingerprint density at radius 2 is 2.05 bits per heavy atom. The van der Waals surface area contributed by atoms with E-state index in [1.807, 2.05) is 41.9 Å². The Hall–Kier alpha value is -1.53. The van der Waals surface area contributed by atoms with Crippen LogP contribution >= 0.6 is 31.9 Å². The molecule has 2 heterocycles. The van der Waals surface area contributed by atoms with Crippen LogP contribution in [0.15, 0.2) is 50.5 Å². The maximum absolute atomic E-state index is 4.54. The molecule has 0 aliphatic heterocycles. The highest BCUT2D eigenvalue weighted by Crippen LogP contribution is 2.25. The summed E-state index contributed by atoms with van der Waals surface area (Å²) >= 11 is 6.81. The van der Waals surface area contributed by atoms with Crippen LogP contribution < -0.4 is 0 Å². The van der Waals surface area contributed by atoms with Crippen molar-refractivity contribution in [2.75, 3.05) is 0 Å². The minimum Gasteiger partial charge on any atom is -0.326 e. The lowest BCUT2D eigenvalue weighted by Crippen LogP contribution is -1.95. The molecule has 1 aromatic carbocycles. The lowest BCUT2D eigenvalue weighted by molar-refractivity contribution is 0.934. The smallest absolute Gasteiger partial charge is 0.166 e. The van der Waals surface area contributed by atoms with Gasteiger partial charge in [-0.15, -0.1) is 0 Å². The zero-order valence-electron chi connectivity index (χ0n) is 10.6. The van der Waals surface area contributed by atoms with Crippen molar-refractivity contribution >= 4 is 54.9 Å². The molecule has 3 aromatic rings. The van der Waals surface area contributed by atoms with E-state index in [0.717, 1.165) is 25.8 Å². The Kier molecular flexibility index (Phi) is 3.67. The van der Waals surface area contributed by atoms with Gasteiger partial charge >= 0.3 is 0 Å². The monoisotopic (exact) mass is 392 g/mol. The van der Waals surface area contributed by atoms with Crippen molar-refractivity contribution in [2.24, 2.45) is 12.0 Å². The number of halogens is 2. The molecule has 0 saturated heterocycles. The summed E-state index contributed by atoms with van der Waals surface area (Å²) in [6, 6.07) is 9.91. The van der Waals surface area contributed by atoms with Crippen LogP contribution in [0.25, 0.3) is 11.0 Å². The van der Waals surface area contributed by atoms with Crippen LogP contribution in [0.4, 0.5) is 5.82 Å². The molecule has 3 rings (SSSR count). The van der Waals surface area contributed by atoms with E-state index in [1.54, 1.807) is 12.4 Å². The molecule has 6 heteroatoms. The Bertz CT molecular complexity index is 808. The third kappa shape index (κ3) is 2.53. The summed E-state index contributed by atoms with van der Waals surface area (Å²) in [5, 5.41) is 0. The average molecular weight is 394 g/mol. The highest BCUT2D eigenvalue weighted by molar-refractivity contribution is 9.11. The molecule has 0 unspecified atom stereocenters. The summed E-state index contributed by atoms with van der Waals surface area (Å²) < 4.78 is 3.75. The molecule has 4 nitrogen and oxygen atoms in total. The standard InChI is InChI=1S/C14H10Br2N4/c1-20-12-5-3-2-4-11(12)19-13(20)8-18-14-10(16)6-9(15)7-17-14/h2-8H,1H3. The third-order valence-electron chi connectivity index (χ3n) is 2.91. The first-order chi connectivity index (χ1) is 9.65. The van der Waals surface area contributed by atoms with Gasteiger partial charge in [0, 0.05) is 17.7 Å². The van der Waals surface area contributed by atoms with Crippen molar-refractivity contribution in [1.82, 2.24) is 14.5 Å². The number of fused-ring (bicyclic) bond motifs is 1. The minimum absolute atomic E-state index is 0.625. The van der Waals surface area contributed by atoms with Gasteiger partial charge in [-0.25, -0.2) is 15.0 Å². The summed E-state index contributed by atoms with van der Waals surface area (Å²) in [5.41, 5.74) is 2.04. The van der Waals surface area contributed by atoms with Gasteiger partial charge in [-0.05, 0) is 50.1 Å². The summed E-state index contributed by atoms with van der Waals surface area (Å²) in [6.45, 7) is 0. The highest BCUT2D eigenvalue weighted by atomic mass is 79.9. The van der Waals surface area contributed by atoms with Crippen molar-refractivity contribution in [3.8, 4) is 0 Å². The fraction of sp³-hybridized carbons (Fsp3) is 0.0714. The molecule has 0 atom stereocenters. The van der Waals surface area contributed by atoms with Crippen LogP contribution in [0.1, 0.15) is 5.82 Å². The van der Waals surface area contributed by atoms with E-state index in [4.69, 9.17) is 0 Å². The fourth-order valence-electron chi connectivity index (χ4n) is 1.90. The number of para-hydroxylation sites is 2. The van der Waals surface area contributed by atoms with Crippen LogP contribution in [-0.2, 0) is 7.05 Å². The SMILES string of the molecule is Cn1c(C=Nc2ncc(Br)cc2Br)nc2ccccc21. The lowest BCUT2D eigenvalue weighted by atomic mass is 10.3. The minimum atomic E-state index is 0.625. The molecule has 20 heavy (non-hydrogen) atoms. The van der Waals surface area contributed by atoms with E-state index in [0.29, 0.717) is 5.82 Å². The molecule has 0 fully saturated rings. The van der Waals surface area contributed by atoms with Crippen LogP contribution in [0, 0.1) is 0 Å². The summed E-state index contributed by atoms with van der Waals surface area (Å²) in [5.74, 6) is 1.42. The molecular weight excluding hydrogens is 384 g/mol. The number of aromatic nitrogens is 3. The molecule has 0 spiro atoms. The quantitative estimate of drug-likeness (QED) is 0.611. The third-order valence-corrected chi connectivity index (χ3v) is 3.93. The van der Waals surface area contributed by atoms with Crippen molar-refractivity contribution in [2.45, 2.75) is 0 Å². The Labute approximate surface area is 132 Å². The maximum atomic E-state index is 4.54. The Morgan fingerprint density at radius 3 is 2.80 bits per heavy atom. The first kappa shape index (κ1) is 13.5. The maximum Gasteiger partial charge on any atom is 0.166 e. The molecule has 0 aliphatic rings. The molecular formula is C14H10Br2N4. The average Bonchev–Trinajstić information content (AvgIpc) is 2.75. The summed E-state index contributed by atoms with van der Waals surface area (Å²) in [6.07, 6.45) is 3.44.